The molecule has 114 valence electrons. The fraction of sp³-hybridized carbons (Fsp3) is 0.385. The number of benzene rings is 1. The highest BCUT2D eigenvalue weighted by Crippen LogP contribution is 2.33. The number of hydrogen-bond donors (Lipinski definition) is 1. The van der Waals surface area contributed by atoms with Gasteiger partial charge < -0.3 is 14.6 Å². The molecule has 9 heteroatoms. The minimum absolute atomic E-state index is 0.0471. The standard InChI is InChI=1S/C13H12N4O4S/c18-9-4-2-1-3-7(9)16-13(22)17(15-14-16)8-5-10(19)12-20-6-11(8)21-12/h1-4,8,11-12,18H,5-6H2/t8-,11+,12+/m1/s1. The lowest BCUT2D eigenvalue weighted by molar-refractivity contribution is -0.156. The van der Waals surface area contributed by atoms with Gasteiger partial charge >= 0.3 is 0 Å². The first kappa shape index (κ1) is 13.6. The van der Waals surface area contributed by atoms with Crippen molar-refractivity contribution < 1.29 is 19.4 Å². The van der Waals surface area contributed by atoms with Crippen LogP contribution < -0.4 is 0 Å². The van der Waals surface area contributed by atoms with E-state index in [9.17, 15) is 9.90 Å². The largest absolute Gasteiger partial charge is 0.506 e. The number of fused-ring (bicyclic) bond motifs is 2. The number of phenols is 1. The zero-order valence-corrected chi connectivity index (χ0v) is 12.1. The summed E-state index contributed by atoms with van der Waals surface area (Å²) in [7, 11) is 0. The molecule has 0 aliphatic carbocycles. The number of aromatic hydroxyl groups is 1. The summed E-state index contributed by atoms with van der Waals surface area (Å²) < 4.78 is 13.9. The Balaban J connectivity index is 1.75. The molecule has 2 aliphatic rings. The summed E-state index contributed by atoms with van der Waals surface area (Å²) in [6, 6.07) is 6.34. The highest BCUT2D eigenvalue weighted by Gasteiger charge is 2.45. The van der Waals surface area contributed by atoms with Crippen LogP contribution in [-0.2, 0) is 14.3 Å². The molecule has 0 saturated carbocycles. The minimum atomic E-state index is -0.761. The van der Waals surface area contributed by atoms with Gasteiger partial charge in [-0.15, -0.1) is 0 Å². The van der Waals surface area contributed by atoms with Crippen LogP contribution >= 0.6 is 12.2 Å². The summed E-state index contributed by atoms with van der Waals surface area (Å²) in [5.74, 6) is -0.0800. The number of rotatable bonds is 2. The number of para-hydroxylation sites is 2. The van der Waals surface area contributed by atoms with E-state index in [1.54, 1.807) is 24.3 Å². The number of tetrazole rings is 1. The molecule has 0 spiro atoms. The second-order valence-corrected chi connectivity index (χ2v) is 5.55. The van der Waals surface area contributed by atoms with Gasteiger partial charge in [-0.1, -0.05) is 12.1 Å². The number of aromatic nitrogens is 4. The molecule has 4 rings (SSSR count). The van der Waals surface area contributed by atoms with Crippen molar-refractivity contribution in [3.05, 3.63) is 29.0 Å². The molecule has 1 aromatic carbocycles. The molecule has 22 heavy (non-hydrogen) atoms. The van der Waals surface area contributed by atoms with Crippen LogP contribution in [0, 0.1) is 4.77 Å². The van der Waals surface area contributed by atoms with Gasteiger partial charge in [-0.2, -0.15) is 4.68 Å². The van der Waals surface area contributed by atoms with Gasteiger partial charge in [-0.3, -0.25) is 4.79 Å². The Morgan fingerprint density at radius 3 is 2.95 bits per heavy atom. The minimum Gasteiger partial charge on any atom is -0.506 e. The molecule has 2 aliphatic heterocycles. The summed E-state index contributed by atoms with van der Waals surface area (Å²) in [4.78, 5) is 11.9. The first-order chi connectivity index (χ1) is 10.6. The highest BCUT2D eigenvalue weighted by atomic mass is 32.1. The van der Waals surface area contributed by atoms with Gasteiger partial charge in [-0.05, 0) is 34.8 Å². The lowest BCUT2D eigenvalue weighted by atomic mass is 10.0. The first-order valence-electron chi connectivity index (χ1n) is 6.78. The zero-order chi connectivity index (χ0) is 15.3. The summed E-state index contributed by atoms with van der Waals surface area (Å²) >= 11 is 5.38. The monoisotopic (exact) mass is 320 g/mol. The molecular formula is C13H12N4O4S. The van der Waals surface area contributed by atoms with Crippen LogP contribution in [0.15, 0.2) is 24.3 Å². The molecular weight excluding hydrogens is 308 g/mol. The predicted octanol–water partition coefficient (Wildman–Crippen LogP) is 0.759. The van der Waals surface area contributed by atoms with Crippen LogP contribution in [-0.4, -0.2) is 49.7 Å². The average Bonchev–Trinajstić information content (AvgIpc) is 3.10. The maximum absolute atomic E-state index is 11.9. The third-order valence-corrected chi connectivity index (χ3v) is 4.20. The van der Waals surface area contributed by atoms with E-state index in [1.165, 1.54) is 9.36 Å². The van der Waals surface area contributed by atoms with E-state index in [-0.39, 0.29) is 34.9 Å². The molecule has 2 aromatic rings. The van der Waals surface area contributed by atoms with Crippen molar-refractivity contribution >= 4 is 18.0 Å². The lowest BCUT2D eigenvalue weighted by Crippen LogP contribution is -2.37. The van der Waals surface area contributed by atoms with Crippen molar-refractivity contribution in [3.8, 4) is 11.4 Å². The molecule has 0 amide bonds. The number of Topliss-reactive ketones (excluding diaryl/α,β-unsaturated/α-hetero) is 1. The van der Waals surface area contributed by atoms with Crippen molar-refractivity contribution in [2.24, 2.45) is 0 Å². The average molecular weight is 320 g/mol. The molecule has 1 aromatic heterocycles. The fourth-order valence-electron chi connectivity index (χ4n) is 2.73. The number of nitrogens with zero attached hydrogens (tertiary/aromatic N) is 4. The van der Waals surface area contributed by atoms with E-state index < -0.39 is 6.29 Å². The van der Waals surface area contributed by atoms with E-state index in [4.69, 9.17) is 21.7 Å². The normalized spacial score (nSPS) is 27.3. The molecule has 2 saturated heterocycles. The second kappa shape index (κ2) is 4.97. The van der Waals surface area contributed by atoms with E-state index in [0.717, 1.165) is 0 Å². The Morgan fingerprint density at radius 1 is 1.32 bits per heavy atom. The second-order valence-electron chi connectivity index (χ2n) is 5.18. The maximum atomic E-state index is 11.9. The maximum Gasteiger partial charge on any atom is 0.221 e. The Hall–Kier alpha value is -2.10. The van der Waals surface area contributed by atoms with Crippen molar-refractivity contribution in [3.63, 3.8) is 0 Å². The van der Waals surface area contributed by atoms with Crippen LogP contribution in [0.4, 0.5) is 0 Å². The molecule has 3 atom stereocenters. The smallest absolute Gasteiger partial charge is 0.221 e. The predicted molar refractivity (Wildman–Crippen MR) is 75.1 cm³/mol. The van der Waals surface area contributed by atoms with E-state index in [0.29, 0.717) is 12.3 Å². The van der Waals surface area contributed by atoms with E-state index >= 15 is 0 Å². The van der Waals surface area contributed by atoms with Crippen LogP contribution in [0.25, 0.3) is 5.69 Å². The van der Waals surface area contributed by atoms with Gasteiger partial charge in [0.05, 0.1) is 12.6 Å². The number of hydrogen-bond acceptors (Lipinski definition) is 7. The molecule has 1 N–H and O–H groups in total. The molecule has 0 unspecified atom stereocenters. The van der Waals surface area contributed by atoms with Gasteiger partial charge in [-0.25, -0.2) is 4.68 Å². The SMILES string of the molecule is O=C1C[C@@H](n2nnn(-c3ccccc3O)c2=S)[C@@H]2CO[C@H]1O2. The lowest BCUT2D eigenvalue weighted by Gasteiger charge is -2.25. The van der Waals surface area contributed by atoms with Crippen molar-refractivity contribution in [2.45, 2.75) is 24.9 Å². The third-order valence-electron chi connectivity index (χ3n) is 3.84. The number of carbonyl (C=O) groups is 1. The zero-order valence-electron chi connectivity index (χ0n) is 11.3. The topological polar surface area (TPSA) is 91.4 Å². The third kappa shape index (κ3) is 1.97. The van der Waals surface area contributed by atoms with Crippen molar-refractivity contribution in [1.82, 2.24) is 19.8 Å². The molecule has 0 radical (unpaired) electrons. The van der Waals surface area contributed by atoms with Crippen LogP contribution in [0.3, 0.4) is 0 Å². The Labute approximate surface area is 129 Å². The Kier molecular flexibility index (Phi) is 3.06. The quantitative estimate of drug-likeness (QED) is 0.817. The van der Waals surface area contributed by atoms with Crippen LogP contribution in [0.1, 0.15) is 12.5 Å². The number of phenolic OH excluding ortho intramolecular Hbond substituents is 1. The van der Waals surface area contributed by atoms with E-state index in [2.05, 4.69) is 10.4 Å². The van der Waals surface area contributed by atoms with Crippen molar-refractivity contribution in [1.29, 1.82) is 0 Å². The molecule has 8 nitrogen and oxygen atoms in total. The Morgan fingerprint density at radius 2 is 2.14 bits per heavy atom. The summed E-state index contributed by atoms with van der Waals surface area (Å²) in [6.07, 6.45) is -0.795. The fourth-order valence-corrected chi connectivity index (χ4v) is 3.03. The summed E-state index contributed by atoms with van der Waals surface area (Å²) in [5.41, 5.74) is 0.433. The van der Waals surface area contributed by atoms with Crippen LogP contribution in [0.5, 0.6) is 5.75 Å². The molecule has 2 bridgehead atoms. The molecule has 2 fully saturated rings. The molecule has 3 heterocycles. The van der Waals surface area contributed by atoms with Crippen LogP contribution in [0.2, 0.25) is 0 Å². The van der Waals surface area contributed by atoms with Gasteiger partial charge in [0.25, 0.3) is 0 Å². The number of ketones is 1. The first-order valence-corrected chi connectivity index (χ1v) is 7.18. The van der Waals surface area contributed by atoms with Crippen molar-refractivity contribution in [2.75, 3.05) is 6.61 Å². The highest BCUT2D eigenvalue weighted by molar-refractivity contribution is 7.71. The van der Waals surface area contributed by atoms with Gasteiger partial charge in [0.2, 0.25) is 11.1 Å². The summed E-state index contributed by atoms with van der Waals surface area (Å²) in [5, 5.41) is 17.9. The number of ether oxygens (including phenoxy) is 2. The number of carbonyl (C=O) groups excluding carboxylic acids is 1. The van der Waals surface area contributed by atoms with Gasteiger partial charge in [0.1, 0.15) is 17.5 Å². The Bertz CT molecular complexity index is 801. The van der Waals surface area contributed by atoms with Gasteiger partial charge in [0, 0.05) is 6.42 Å². The summed E-state index contributed by atoms with van der Waals surface area (Å²) in [6.45, 7) is 0.326. The van der Waals surface area contributed by atoms with E-state index in [1.807, 2.05) is 0 Å². The van der Waals surface area contributed by atoms with Gasteiger partial charge in [0.15, 0.2) is 5.78 Å².